The van der Waals surface area contributed by atoms with Crippen LogP contribution < -0.4 is 5.73 Å². The molecule has 0 atom stereocenters. The Labute approximate surface area is 200 Å². The van der Waals surface area contributed by atoms with Crippen LogP contribution in [0.1, 0.15) is 60.4 Å². The highest BCUT2D eigenvalue weighted by atomic mass is 35.5. The lowest BCUT2D eigenvalue weighted by atomic mass is 9.80. The van der Waals surface area contributed by atoms with E-state index in [1.54, 1.807) is 24.5 Å². The molecule has 1 aliphatic carbocycles. The van der Waals surface area contributed by atoms with Crippen LogP contribution in [0.3, 0.4) is 0 Å². The lowest BCUT2D eigenvalue weighted by molar-refractivity contribution is 0.442. The van der Waals surface area contributed by atoms with Crippen molar-refractivity contribution in [2.24, 2.45) is 0 Å². The molecule has 2 aromatic heterocycles. The van der Waals surface area contributed by atoms with Crippen molar-refractivity contribution in [3.05, 3.63) is 56.9 Å². The summed E-state index contributed by atoms with van der Waals surface area (Å²) in [5.74, 6) is 1.19. The summed E-state index contributed by atoms with van der Waals surface area (Å²) in [7, 11) is 0. The Kier molecular flexibility index (Phi) is 6.91. The summed E-state index contributed by atoms with van der Waals surface area (Å²) in [6.07, 6.45) is 6.81. The maximum atomic E-state index is 9.93. The van der Waals surface area contributed by atoms with E-state index in [0.717, 1.165) is 31.2 Å². The number of anilines is 1. The molecular formula is C23H19Cl2N5OS. The number of aromatic nitrogens is 2. The van der Waals surface area contributed by atoms with Crippen LogP contribution in [0.2, 0.25) is 10.0 Å². The van der Waals surface area contributed by atoms with Crippen molar-refractivity contribution in [3.8, 4) is 23.6 Å². The number of thioether (sulfide) groups is 1. The quantitative estimate of drug-likeness (QED) is 0.401. The number of nitrogens with zero attached hydrogens (tertiary/aromatic N) is 4. The second kappa shape index (κ2) is 9.83. The molecule has 0 saturated heterocycles. The smallest absolute Gasteiger partial charge is 0.226 e. The first-order chi connectivity index (χ1) is 15.5. The van der Waals surface area contributed by atoms with Crippen LogP contribution >= 0.6 is 35.0 Å². The van der Waals surface area contributed by atoms with Gasteiger partial charge in [-0.25, -0.2) is 9.97 Å². The molecule has 0 bridgehead atoms. The van der Waals surface area contributed by atoms with E-state index in [2.05, 4.69) is 22.1 Å². The van der Waals surface area contributed by atoms with Crippen LogP contribution in [0.5, 0.6) is 0 Å². The van der Waals surface area contributed by atoms with Crippen LogP contribution in [-0.2, 0) is 5.75 Å². The van der Waals surface area contributed by atoms with Crippen LogP contribution in [0.15, 0.2) is 33.9 Å². The average Bonchev–Trinajstić information content (AvgIpc) is 3.28. The van der Waals surface area contributed by atoms with Gasteiger partial charge in [-0.05, 0) is 42.5 Å². The zero-order valence-corrected chi connectivity index (χ0v) is 19.4. The van der Waals surface area contributed by atoms with Crippen LogP contribution in [-0.4, -0.2) is 9.97 Å². The van der Waals surface area contributed by atoms with E-state index >= 15 is 0 Å². The fourth-order valence-corrected chi connectivity index (χ4v) is 5.18. The Morgan fingerprint density at radius 3 is 2.50 bits per heavy atom. The third-order valence-electron chi connectivity index (χ3n) is 5.54. The van der Waals surface area contributed by atoms with Gasteiger partial charge in [-0.1, -0.05) is 54.2 Å². The Hall–Kier alpha value is -2.71. The summed E-state index contributed by atoms with van der Waals surface area (Å²) < 4.78 is 5.59. The Bertz CT molecular complexity index is 1240. The van der Waals surface area contributed by atoms with Gasteiger partial charge in [-0.15, -0.1) is 0 Å². The van der Waals surface area contributed by atoms with Gasteiger partial charge in [0, 0.05) is 11.3 Å². The van der Waals surface area contributed by atoms with Crippen molar-refractivity contribution in [2.45, 2.75) is 48.8 Å². The number of benzene rings is 1. The average molecular weight is 484 g/mol. The SMILES string of the molecule is N#Cc1c(N)nc(SCc2coc(-c3ccc(Cl)c(Cl)c3)n2)c(C#N)c1C1CCCCC1. The van der Waals surface area contributed by atoms with Crippen molar-refractivity contribution in [3.63, 3.8) is 0 Å². The minimum atomic E-state index is 0.158. The topological polar surface area (TPSA) is 113 Å². The number of pyridine rings is 1. The molecule has 0 radical (unpaired) electrons. The van der Waals surface area contributed by atoms with Crippen molar-refractivity contribution in [2.75, 3.05) is 5.73 Å². The third-order valence-corrected chi connectivity index (χ3v) is 7.29. The van der Waals surface area contributed by atoms with Gasteiger partial charge in [0.25, 0.3) is 0 Å². The summed E-state index contributed by atoms with van der Waals surface area (Å²) in [6.45, 7) is 0. The molecule has 9 heteroatoms. The van der Waals surface area contributed by atoms with Gasteiger partial charge in [0.15, 0.2) is 0 Å². The maximum Gasteiger partial charge on any atom is 0.226 e. The molecule has 0 unspecified atom stereocenters. The number of halogens is 2. The highest BCUT2D eigenvalue weighted by Crippen LogP contribution is 2.40. The Morgan fingerprint density at radius 1 is 1.06 bits per heavy atom. The van der Waals surface area contributed by atoms with E-state index in [9.17, 15) is 10.5 Å². The molecule has 1 aromatic carbocycles. The number of hydrogen-bond donors (Lipinski definition) is 1. The number of nitrogen functional groups attached to an aromatic ring is 1. The van der Waals surface area contributed by atoms with E-state index in [4.69, 9.17) is 33.4 Å². The number of oxazole rings is 1. The largest absolute Gasteiger partial charge is 0.444 e. The van der Waals surface area contributed by atoms with Gasteiger partial charge >= 0.3 is 0 Å². The van der Waals surface area contributed by atoms with E-state index in [-0.39, 0.29) is 11.7 Å². The third kappa shape index (κ3) is 4.56. The van der Waals surface area contributed by atoms with E-state index in [0.29, 0.717) is 49.1 Å². The van der Waals surface area contributed by atoms with E-state index in [1.165, 1.54) is 18.2 Å². The highest BCUT2D eigenvalue weighted by molar-refractivity contribution is 7.98. The number of hydrogen-bond acceptors (Lipinski definition) is 7. The van der Waals surface area contributed by atoms with Crippen molar-refractivity contribution in [1.29, 1.82) is 10.5 Å². The molecule has 4 rings (SSSR count). The molecule has 1 aliphatic rings. The van der Waals surface area contributed by atoms with E-state index in [1.807, 2.05) is 0 Å². The first-order valence-corrected chi connectivity index (χ1v) is 11.9. The molecular weight excluding hydrogens is 465 g/mol. The van der Waals surface area contributed by atoms with Gasteiger partial charge < -0.3 is 10.2 Å². The molecule has 2 heterocycles. The lowest BCUT2D eigenvalue weighted by Gasteiger charge is -2.25. The molecule has 1 saturated carbocycles. The fraction of sp³-hybridized carbons (Fsp3) is 0.304. The van der Waals surface area contributed by atoms with Gasteiger partial charge in [0.1, 0.15) is 29.2 Å². The Morgan fingerprint density at radius 2 is 1.81 bits per heavy atom. The first kappa shape index (κ1) is 22.5. The van der Waals surface area contributed by atoms with Crippen molar-refractivity contribution < 1.29 is 4.42 Å². The number of rotatable bonds is 5. The van der Waals surface area contributed by atoms with Crippen LogP contribution in [0.4, 0.5) is 5.82 Å². The predicted molar refractivity (Wildman–Crippen MR) is 125 cm³/mol. The van der Waals surface area contributed by atoms with Crippen molar-refractivity contribution >= 4 is 40.8 Å². The molecule has 1 fully saturated rings. The minimum Gasteiger partial charge on any atom is -0.444 e. The van der Waals surface area contributed by atoms with Gasteiger partial charge in [-0.3, -0.25) is 0 Å². The molecule has 0 spiro atoms. The molecule has 6 nitrogen and oxygen atoms in total. The fourth-order valence-electron chi connectivity index (χ4n) is 4.01. The van der Waals surface area contributed by atoms with Gasteiger partial charge in [-0.2, -0.15) is 10.5 Å². The van der Waals surface area contributed by atoms with Crippen LogP contribution in [0, 0.1) is 22.7 Å². The summed E-state index contributed by atoms with van der Waals surface area (Å²) >= 11 is 13.4. The summed E-state index contributed by atoms with van der Waals surface area (Å²) in [4.78, 5) is 8.88. The second-order valence-corrected chi connectivity index (χ2v) is 9.36. The number of nitrogens with two attached hydrogens (primary N) is 1. The zero-order valence-electron chi connectivity index (χ0n) is 17.1. The zero-order chi connectivity index (χ0) is 22.7. The minimum absolute atomic E-state index is 0.158. The lowest BCUT2D eigenvalue weighted by Crippen LogP contribution is -2.13. The molecule has 0 aliphatic heterocycles. The monoisotopic (exact) mass is 483 g/mol. The van der Waals surface area contributed by atoms with Crippen LogP contribution in [0.25, 0.3) is 11.5 Å². The number of nitriles is 2. The molecule has 2 N–H and O–H groups in total. The second-order valence-electron chi connectivity index (χ2n) is 7.59. The molecule has 162 valence electrons. The van der Waals surface area contributed by atoms with Gasteiger partial charge in [0.05, 0.1) is 26.9 Å². The summed E-state index contributed by atoms with van der Waals surface area (Å²) in [5, 5.41) is 21.0. The van der Waals surface area contributed by atoms with Gasteiger partial charge in [0.2, 0.25) is 5.89 Å². The maximum absolute atomic E-state index is 9.93. The molecule has 0 amide bonds. The van der Waals surface area contributed by atoms with Crippen molar-refractivity contribution in [1.82, 2.24) is 9.97 Å². The molecule has 3 aromatic rings. The first-order valence-electron chi connectivity index (χ1n) is 10.2. The standard InChI is InChI=1S/C23H19Cl2N5OS/c24-18-7-6-14(8-19(18)25)22-29-15(11-31-22)12-32-23-17(10-27)20(13-4-2-1-3-5-13)16(9-26)21(28)30-23/h6-8,11,13H,1-5,12H2,(H2,28,30). The Balaban J connectivity index is 1.60. The normalized spacial score (nSPS) is 14.1. The summed E-state index contributed by atoms with van der Waals surface area (Å²) in [5.41, 5.74) is 9.06. The van der Waals surface area contributed by atoms with E-state index < -0.39 is 0 Å². The molecule has 32 heavy (non-hydrogen) atoms. The predicted octanol–water partition coefficient (Wildman–Crippen LogP) is 6.71. The highest BCUT2D eigenvalue weighted by Gasteiger charge is 2.27. The summed E-state index contributed by atoms with van der Waals surface area (Å²) in [6, 6.07) is 9.62.